The van der Waals surface area contributed by atoms with E-state index in [-0.39, 0.29) is 11.8 Å². The van der Waals surface area contributed by atoms with E-state index in [0.717, 1.165) is 28.0 Å². The van der Waals surface area contributed by atoms with Crippen molar-refractivity contribution in [3.05, 3.63) is 101 Å². The first-order chi connectivity index (χ1) is 12.8. The maximum absolute atomic E-state index is 13.3. The number of rotatable bonds is 4. The van der Waals surface area contributed by atoms with E-state index < -0.39 is 0 Å². The molecule has 3 nitrogen and oxygen atoms in total. The number of methoxy groups -OCH3 is 1. The number of hydrogen-bond donors (Lipinski definition) is 0. The van der Waals surface area contributed by atoms with Crippen LogP contribution in [0.25, 0.3) is 0 Å². The third kappa shape index (κ3) is 3.08. The first kappa shape index (κ1) is 16.4. The summed E-state index contributed by atoms with van der Waals surface area (Å²) in [5.41, 5.74) is 4.39. The first-order valence-electron chi connectivity index (χ1n) is 8.81. The highest BCUT2D eigenvalue weighted by Crippen LogP contribution is 2.36. The Morgan fingerprint density at radius 1 is 0.962 bits per heavy atom. The molecule has 26 heavy (non-hydrogen) atoms. The normalized spacial score (nSPS) is 16.3. The van der Waals surface area contributed by atoms with Gasteiger partial charge in [-0.05, 0) is 34.4 Å². The highest BCUT2D eigenvalue weighted by Gasteiger charge is 2.34. The van der Waals surface area contributed by atoms with E-state index in [1.54, 1.807) is 7.11 Å². The molecule has 130 valence electrons. The fourth-order valence-electron chi connectivity index (χ4n) is 3.63. The molecule has 1 aliphatic heterocycles. The lowest BCUT2D eigenvalue weighted by molar-refractivity contribution is -0.134. The van der Waals surface area contributed by atoms with Gasteiger partial charge in [0.15, 0.2) is 0 Å². The van der Waals surface area contributed by atoms with Crippen molar-refractivity contribution in [1.29, 1.82) is 0 Å². The van der Waals surface area contributed by atoms with Crippen molar-refractivity contribution < 1.29 is 9.53 Å². The molecule has 3 aromatic carbocycles. The smallest absolute Gasteiger partial charge is 0.235 e. The predicted molar refractivity (Wildman–Crippen MR) is 102 cm³/mol. The van der Waals surface area contributed by atoms with E-state index in [2.05, 4.69) is 18.2 Å². The van der Waals surface area contributed by atoms with Crippen LogP contribution >= 0.6 is 0 Å². The average Bonchev–Trinajstić information content (AvgIpc) is 2.70. The Bertz CT molecular complexity index is 906. The quantitative estimate of drug-likeness (QED) is 0.704. The van der Waals surface area contributed by atoms with Crippen molar-refractivity contribution >= 4 is 5.91 Å². The van der Waals surface area contributed by atoms with Crippen LogP contribution in [-0.4, -0.2) is 17.9 Å². The van der Waals surface area contributed by atoms with Crippen LogP contribution in [0.5, 0.6) is 5.75 Å². The zero-order chi connectivity index (χ0) is 17.9. The molecule has 3 aromatic rings. The Kier molecular flexibility index (Phi) is 4.44. The van der Waals surface area contributed by atoms with Gasteiger partial charge < -0.3 is 9.64 Å². The Hall–Kier alpha value is -3.07. The number of hydrogen-bond acceptors (Lipinski definition) is 2. The molecule has 0 aliphatic carbocycles. The number of amides is 1. The summed E-state index contributed by atoms with van der Waals surface area (Å²) in [6.07, 6.45) is 0. The fraction of sp³-hybridized carbons (Fsp3) is 0.174. The molecule has 1 aliphatic rings. The number of carbonyl (C=O) groups is 1. The summed E-state index contributed by atoms with van der Waals surface area (Å²) >= 11 is 0. The van der Waals surface area contributed by atoms with Gasteiger partial charge >= 0.3 is 0 Å². The van der Waals surface area contributed by atoms with Gasteiger partial charge in [0.2, 0.25) is 5.91 Å². The Balaban J connectivity index is 1.76. The number of ether oxygens (including phenoxy) is 1. The van der Waals surface area contributed by atoms with Gasteiger partial charge in [0.25, 0.3) is 0 Å². The van der Waals surface area contributed by atoms with Crippen molar-refractivity contribution in [3.8, 4) is 5.75 Å². The van der Waals surface area contributed by atoms with Crippen LogP contribution in [-0.2, 0) is 17.9 Å². The van der Waals surface area contributed by atoms with Gasteiger partial charge in [0, 0.05) is 13.1 Å². The van der Waals surface area contributed by atoms with Crippen molar-refractivity contribution in [2.45, 2.75) is 19.0 Å². The van der Waals surface area contributed by atoms with E-state index >= 15 is 0 Å². The van der Waals surface area contributed by atoms with Gasteiger partial charge in [-0.25, -0.2) is 0 Å². The molecule has 0 radical (unpaired) electrons. The lowest BCUT2D eigenvalue weighted by atomic mass is 9.83. The van der Waals surface area contributed by atoms with Crippen LogP contribution in [0.15, 0.2) is 78.9 Å². The van der Waals surface area contributed by atoms with Gasteiger partial charge in [-0.1, -0.05) is 66.7 Å². The third-order valence-electron chi connectivity index (χ3n) is 4.93. The summed E-state index contributed by atoms with van der Waals surface area (Å²) in [6, 6.07) is 26.2. The van der Waals surface area contributed by atoms with E-state index in [1.165, 1.54) is 0 Å². The minimum absolute atomic E-state index is 0.151. The second kappa shape index (κ2) is 7.04. The van der Waals surface area contributed by atoms with Crippen LogP contribution in [0.4, 0.5) is 0 Å². The van der Waals surface area contributed by atoms with E-state index in [9.17, 15) is 4.79 Å². The molecule has 1 atom stereocenters. The zero-order valence-corrected chi connectivity index (χ0v) is 14.8. The van der Waals surface area contributed by atoms with Crippen molar-refractivity contribution in [2.75, 3.05) is 7.11 Å². The second-order valence-corrected chi connectivity index (χ2v) is 6.59. The van der Waals surface area contributed by atoms with Crippen LogP contribution in [0.2, 0.25) is 0 Å². The Labute approximate surface area is 153 Å². The van der Waals surface area contributed by atoms with Crippen molar-refractivity contribution in [3.63, 3.8) is 0 Å². The molecule has 0 aromatic heterocycles. The molecule has 0 bridgehead atoms. The van der Waals surface area contributed by atoms with Gasteiger partial charge in [-0.15, -0.1) is 0 Å². The summed E-state index contributed by atoms with van der Waals surface area (Å²) in [5.74, 6) is 0.705. The summed E-state index contributed by atoms with van der Waals surface area (Å²) in [5, 5.41) is 0. The topological polar surface area (TPSA) is 29.5 Å². The molecule has 0 saturated heterocycles. The van der Waals surface area contributed by atoms with E-state index in [0.29, 0.717) is 13.1 Å². The molecule has 3 heteroatoms. The molecule has 4 rings (SSSR count). The largest absolute Gasteiger partial charge is 0.497 e. The number of fused-ring (bicyclic) bond motifs is 1. The van der Waals surface area contributed by atoms with Crippen molar-refractivity contribution in [1.82, 2.24) is 4.90 Å². The second-order valence-electron chi connectivity index (χ2n) is 6.59. The Morgan fingerprint density at radius 2 is 1.65 bits per heavy atom. The van der Waals surface area contributed by atoms with E-state index in [1.807, 2.05) is 65.6 Å². The maximum atomic E-state index is 13.3. The molecular weight excluding hydrogens is 322 g/mol. The first-order valence-corrected chi connectivity index (χ1v) is 8.81. The van der Waals surface area contributed by atoms with Crippen LogP contribution in [0.1, 0.15) is 28.2 Å². The molecule has 0 fully saturated rings. The van der Waals surface area contributed by atoms with Crippen LogP contribution in [0, 0.1) is 0 Å². The minimum Gasteiger partial charge on any atom is -0.497 e. The highest BCUT2D eigenvalue weighted by atomic mass is 16.5. The van der Waals surface area contributed by atoms with E-state index in [4.69, 9.17) is 4.74 Å². The summed E-state index contributed by atoms with van der Waals surface area (Å²) in [7, 11) is 1.67. The zero-order valence-electron chi connectivity index (χ0n) is 14.8. The van der Waals surface area contributed by atoms with Crippen molar-refractivity contribution in [2.24, 2.45) is 0 Å². The lowest BCUT2D eigenvalue weighted by Gasteiger charge is -2.35. The fourth-order valence-corrected chi connectivity index (χ4v) is 3.63. The third-order valence-corrected chi connectivity index (χ3v) is 4.93. The summed E-state index contributed by atoms with van der Waals surface area (Å²) in [4.78, 5) is 15.3. The summed E-state index contributed by atoms with van der Waals surface area (Å²) < 4.78 is 5.40. The monoisotopic (exact) mass is 343 g/mol. The Morgan fingerprint density at radius 3 is 2.35 bits per heavy atom. The molecular formula is C23H21NO2. The number of carbonyl (C=O) groups excluding carboxylic acids is 1. The molecule has 0 N–H and O–H groups in total. The SMILES string of the molecule is COc1ccc2c(c1)CN(Cc1ccccc1)C(=O)[C@H]2c1ccccc1. The minimum atomic E-state index is -0.269. The van der Waals surface area contributed by atoms with Gasteiger partial charge in [0.05, 0.1) is 13.0 Å². The lowest BCUT2D eigenvalue weighted by Crippen LogP contribution is -2.39. The van der Waals surface area contributed by atoms with Crippen LogP contribution in [0.3, 0.4) is 0 Å². The molecule has 1 amide bonds. The van der Waals surface area contributed by atoms with Crippen LogP contribution < -0.4 is 4.74 Å². The average molecular weight is 343 g/mol. The molecule has 1 heterocycles. The highest BCUT2D eigenvalue weighted by molar-refractivity contribution is 5.89. The van der Waals surface area contributed by atoms with Gasteiger partial charge in [-0.3, -0.25) is 4.79 Å². The molecule has 0 unspecified atom stereocenters. The standard InChI is InChI=1S/C23H21NO2/c1-26-20-12-13-21-19(14-20)16-24(15-17-8-4-2-5-9-17)23(25)22(21)18-10-6-3-7-11-18/h2-14,22H,15-16H2,1H3/t22-/m0/s1. The molecule has 0 saturated carbocycles. The number of nitrogens with zero attached hydrogens (tertiary/aromatic N) is 1. The summed E-state index contributed by atoms with van der Waals surface area (Å²) in [6.45, 7) is 1.21. The maximum Gasteiger partial charge on any atom is 0.235 e. The van der Waals surface area contributed by atoms with Gasteiger partial charge in [0.1, 0.15) is 5.75 Å². The van der Waals surface area contributed by atoms with Gasteiger partial charge in [-0.2, -0.15) is 0 Å². The predicted octanol–water partition coefficient (Wildman–Crippen LogP) is 4.37. The number of benzene rings is 3. The molecule has 0 spiro atoms.